The highest BCUT2D eigenvalue weighted by molar-refractivity contribution is 9.10. The monoisotopic (exact) mass is 592 g/mol. The van der Waals surface area contributed by atoms with Crippen LogP contribution in [0, 0.1) is 0 Å². The fraction of sp³-hybridized carbons (Fsp3) is 0.440. The lowest BCUT2D eigenvalue weighted by Gasteiger charge is -2.19. The normalized spacial score (nSPS) is 10.9. The van der Waals surface area contributed by atoms with Gasteiger partial charge in [0, 0.05) is 6.07 Å². The van der Waals surface area contributed by atoms with Gasteiger partial charge in [0.15, 0.2) is 22.5 Å². The van der Waals surface area contributed by atoms with Gasteiger partial charge in [-0.25, -0.2) is 23.9 Å². The molecule has 0 fully saturated rings. The zero-order chi connectivity index (χ0) is 28.5. The van der Waals surface area contributed by atoms with Gasteiger partial charge in [0.25, 0.3) is 11.7 Å². The highest BCUT2D eigenvalue weighted by atomic mass is 79.9. The maximum atomic E-state index is 12.7. The minimum Gasteiger partial charge on any atom is -0.492 e. The van der Waals surface area contributed by atoms with Gasteiger partial charge in [-0.15, -0.1) is 0 Å². The number of imidazole rings is 1. The summed E-state index contributed by atoms with van der Waals surface area (Å²) >= 11 is 3.22. The van der Waals surface area contributed by atoms with Crippen LogP contribution in [0.3, 0.4) is 0 Å². The summed E-state index contributed by atoms with van der Waals surface area (Å²) in [5, 5.41) is 5.59. The van der Waals surface area contributed by atoms with Crippen LogP contribution in [0.4, 0.5) is 10.6 Å². The van der Waals surface area contributed by atoms with Crippen molar-refractivity contribution >= 4 is 51.6 Å². The van der Waals surface area contributed by atoms with Gasteiger partial charge in [-0.05, 0) is 62.7 Å². The Morgan fingerprint density at radius 3 is 2.55 bits per heavy atom. The molecule has 2 aromatic heterocycles. The number of aryl methyl sites for hydroxylation is 2. The van der Waals surface area contributed by atoms with Gasteiger partial charge in [0.2, 0.25) is 0 Å². The summed E-state index contributed by atoms with van der Waals surface area (Å²) < 4.78 is 15.8. The van der Waals surface area contributed by atoms with Crippen molar-refractivity contribution in [2.45, 2.75) is 59.9 Å². The molecular formula is C25H35BrN7O5+. The first kappa shape index (κ1) is 30.5. The van der Waals surface area contributed by atoms with Crippen LogP contribution in [-0.2, 0) is 29.2 Å². The Morgan fingerprint density at radius 1 is 1.21 bits per heavy atom. The number of nitrogens with one attached hydrogen (secondary N) is 2. The number of rotatable bonds is 9. The number of alkyl carbamates (subject to hydrolysis) is 1. The standard InChI is InChI=1S/C24H32BrN7O4.CH2O/c1-6-31-16-9-8-15(35-11-10-27-23(34)36-24(3,4)5)12-17(16)32(7-2)19(31)14-29-22(33)20-21(26)28-13-18(25)30-20;1-2/h8-9,12-13H,6-7,10-11,14H2,1-5H3,(H3-,26,27,28,29,33,34);1H2/p+1. The highest BCUT2D eigenvalue weighted by Crippen LogP contribution is 2.22. The van der Waals surface area contributed by atoms with Gasteiger partial charge >= 0.3 is 6.09 Å². The molecular weight excluding hydrogens is 558 g/mol. The first-order valence-corrected chi connectivity index (χ1v) is 12.8. The Balaban J connectivity index is 0.00000247. The molecule has 0 bridgehead atoms. The van der Waals surface area contributed by atoms with E-state index in [-0.39, 0.29) is 18.1 Å². The molecule has 2 amide bonds. The van der Waals surface area contributed by atoms with E-state index in [4.69, 9.17) is 20.0 Å². The van der Waals surface area contributed by atoms with Crippen LogP contribution in [0.2, 0.25) is 0 Å². The van der Waals surface area contributed by atoms with Crippen LogP contribution in [0.5, 0.6) is 5.75 Å². The van der Waals surface area contributed by atoms with Crippen LogP contribution < -0.4 is 25.7 Å². The van der Waals surface area contributed by atoms with E-state index in [1.807, 2.05) is 52.7 Å². The van der Waals surface area contributed by atoms with E-state index >= 15 is 0 Å². The predicted molar refractivity (Wildman–Crippen MR) is 146 cm³/mol. The third-order valence-electron chi connectivity index (χ3n) is 5.22. The summed E-state index contributed by atoms with van der Waals surface area (Å²) in [6.45, 7) is 13.8. The maximum Gasteiger partial charge on any atom is 0.407 e. The third kappa shape index (κ3) is 7.88. The van der Waals surface area contributed by atoms with Crippen molar-refractivity contribution in [1.82, 2.24) is 25.2 Å². The number of anilines is 1. The number of nitrogens with zero attached hydrogens (tertiary/aromatic N) is 4. The second kappa shape index (κ2) is 13.7. The molecule has 0 unspecified atom stereocenters. The average Bonchev–Trinajstić information content (AvgIpc) is 3.18. The molecule has 0 saturated carbocycles. The predicted octanol–water partition coefficient (Wildman–Crippen LogP) is 2.75. The lowest BCUT2D eigenvalue weighted by molar-refractivity contribution is -0.676. The van der Waals surface area contributed by atoms with Crippen molar-refractivity contribution in [2.24, 2.45) is 0 Å². The highest BCUT2D eigenvalue weighted by Gasteiger charge is 2.25. The molecule has 38 heavy (non-hydrogen) atoms. The number of amides is 2. The molecule has 3 rings (SSSR count). The third-order valence-corrected chi connectivity index (χ3v) is 5.60. The summed E-state index contributed by atoms with van der Waals surface area (Å²) in [6.07, 6.45) is 0.965. The minimum atomic E-state index is -0.550. The van der Waals surface area contributed by atoms with E-state index < -0.39 is 17.6 Å². The van der Waals surface area contributed by atoms with Gasteiger partial charge < -0.3 is 30.6 Å². The topological polar surface area (TPSA) is 154 Å². The number of ether oxygens (including phenoxy) is 2. The number of halogens is 1. The van der Waals surface area contributed by atoms with E-state index in [1.54, 1.807) is 0 Å². The Hall–Kier alpha value is -3.74. The Morgan fingerprint density at radius 2 is 1.92 bits per heavy atom. The van der Waals surface area contributed by atoms with Gasteiger partial charge in [0.05, 0.1) is 25.8 Å². The number of aromatic nitrogens is 4. The van der Waals surface area contributed by atoms with Gasteiger partial charge in [0.1, 0.15) is 35.9 Å². The molecule has 0 aliphatic rings. The number of carbonyl (C=O) groups is 3. The van der Waals surface area contributed by atoms with Crippen molar-refractivity contribution in [3.63, 3.8) is 0 Å². The number of fused-ring (bicyclic) bond motifs is 1. The van der Waals surface area contributed by atoms with Gasteiger partial charge in [-0.2, -0.15) is 0 Å². The molecule has 2 heterocycles. The second-order valence-corrected chi connectivity index (χ2v) is 9.75. The largest absolute Gasteiger partial charge is 0.492 e. The van der Waals surface area contributed by atoms with E-state index in [1.165, 1.54) is 6.20 Å². The van der Waals surface area contributed by atoms with Gasteiger partial charge in [-0.1, -0.05) is 0 Å². The SMILES string of the molecule is C=O.CCn1c(CNC(=O)c2nc(Br)cnc2N)[n+](CC)c2ccc(OCCNC(=O)OC(C)(C)C)cc21. The summed E-state index contributed by atoms with van der Waals surface area (Å²) in [7, 11) is 0. The fourth-order valence-electron chi connectivity index (χ4n) is 3.78. The molecule has 0 spiro atoms. The summed E-state index contributed by atoms with van der Waals surface area (Å²) in [5.41, 5.74) is 7.35. The number of benzene rings is 1. The maximum absolute atomic E-state index is 12.7. The zero-order valence-corrected chi connectivity index (χ0v) is 23.9. The number of carbonyl (C=O) groups excluding carboxylic acids is 3. The van der Waals surface area contributed by atoms with Crippen molar-refractivity contribution < 1.29 is 28.4 Å². The van der Waals surface area contributed by atoms with Crippen LogP contribution in [0.25, 0.3) is 11.0 Å². The lowest BCUT2D eigenvalue weighted by Crippen LogP contribution is -2.40. The summed E-state index contributed by atoms with van der Waals surface area (Å²) in [6, 6.07) is 5.84. The summed E-state index contributed by atoms with van der Waals surface area (Å²) in [5.74, 6) is 1.27. The molecule has 3 aromatic rings. The van der Waals surface area contributed by atoms with E-state index in [0.717, 1.165) is 16.9 Å². The second-order valence-electron chi connectivity index (χ2n) is 8.94. The Labute approximate surface area is 230 Å². The zero-order valence-electron chi connectivity index (χ0n) is 22.3. The number of nitrogen functional groups attached to an aromatic ring is 1. The molecule has 206 valence electrons. The van der Waals surface area contributed by atoms with Gasteiger partial charge in [-0.3, -0.25) is 4.79 Å². The first-order chi connectivity index (χ1) is 18.0. The van der Waals surface area contributed by atoms with E-state index in [0.29, 0.717) is 36.6 Å². The van der Waals surface area contributed by atoms with Crippen LogP contribution in [0.15, 0.2) is 29.0 Å². The van der Waals surface area contributed by atoms with E-state index in [2.05, 4.69) is 52.6 Å². The van der Waals surface area contributed by atoms with Crippen LogP contribution >= 0.6 is 15.9 Å². The van der Waals surface area contributed by atoms with Crippen molar-refractivity contribution in [3.8, 4) is 5.75 Å². The Bertz CT molecular complexity index is 1270. The molecule has 0 aliphatic carbocycles. The van der Waals surface area contributed by atoms with Crippen LogP contribution in [0.1, 0.15) is 50.9 Å². The molecule has 12 nitrogen and oxygen atoms in total. The quantitative estimate of drug-likeness (QED) is 0.253. The number of nitrogens with two attached hydrogens (primary N) is 1. The van der Waals surface area contributed by atoms with Crippen molar-refractivity contribution in [1.29, 1.82) is 0 Å². The smallest absolute Gasteiger partial charge is 0.407 e. The lowest BCUT2D eigenvalue weighted by atomic mass is 10.2. The number of hydrogen-bond acceptors (Lipinski definition) is 8. The van der Waals surface area contributed by atoms with Crippen molar-refractivity contribution in [2.75, 3.05) is 18.9 Å². The number of hydrogen-bond donors (Lipinski definition) is 3. The molecule has 0 radical (unpaired) electrons. The summed E-state index contributed by atoms with van der Waals surface area (Å²) in [4.78, 5) is 40.7. The molecule has 4 N–H and O–H groups in total. The average molecular weight is 594 g/mol. The molecule has 13 heteroatoms. The minimum absolute atomic E-state index is 0.0676. The molecule has 0 saturated heterocycles. The van der Waals surface area contributed by atoms with E-state index in [9.17, 15) is 9.59 Å². The Kier molecular flexibility index (Phi) is 11.0. The molecule has 0 atom stereocenters. The van der Waals surface area contributed by atoms with Crippen LogP contribution in [-0.4, -0.2) is 52.1 Å². The fourth-order valence-corrected chi connectivity index (χ4v) is 4.06. The van der Waals surface area contributed by atoms with Crippen molar-refractivity contribution in [3.05, 3.63) is 40.5 Å². The molecule has 1 aromatic carbocycles. The molecule has 0 aliphatic heterocycles. The first-order valence-electron chi connectivity index (χ1n) is 12.0.